The number of amides is 1. The molecule has 1 amide bonds. The summed E-state index contributed by atoms with van der Waals surface area (Å²) in [6, 6.07) is 2.49. The first-order valence-corrected chi connectivity index (χ1v) is 11.1. The van der Waals surface area contributed by atoms with Gasteiger partial charge in [-0.2, -0.15) is 13.2 Å². The maximum Gasteiger partial charge on any atom is 0.433 e. The largest absolute Gasteiger partial charge is 0.433 e. The molecule has 0 radical (unpaired) electrons. The van der Waals surface area contributed by atoms with E-state index in [1.165, 1.54) is 11.1 Å². The number of aromatic nitrogens is 4. The number of carbonyl (C=O) groups is 1. The average molecular weight is 468 g/mol. The molecule has 3 rings (SSSR count). The predicted molar refractivity (Wildman–Crippen MR) is 117 cm³/mol. The zero-order chi connectivity index (χ0) is 24.0. The summed E-state index contributed by atoms with van der Waals surface area (Å²) in [5, 5.41) is 0. The van der Waals surface area contributed by atoms with Crippen molar-refractivity contribution in [3.8, 4) is 11.5 Å². The van der Waals surface area contributed by atoms with E-state index in [0.29, 0.717) is 21.9 Å². The lowest BCUT2D eigenvalue weighted by Crippen LogP contribution is -2.36. The minimum Gasteiger partial charge on any atom is -0.325 e. The van der Waals surface area contributed by atoms with Crippen molar-refractivity contribution in [2.45, 2.75) is 38.8 Å². The SMILES string of the molecule is CCS(=O)c1cc(N(C)C(=O)C(C)(C)C)cnc1-c1nc2cc(C(F)(F)F)ncc2n1C. The Morgan fingerprint density at radius 2 is 1.81 bits per heavy atom. The number of anilines is 1. The number of fused-ring (bicyclic) bond motifs is 1. The first kappa shape index (κ1) is 23.8. The van der Waals surface area contributed by atoms with Gasteiger partial charge in [0.15, 0.2) is 5.82 Å². The second-order valence-corrected chi connectivity index (χ2v) is 10.0. The van der Waals surface area contributed by atoms with Crippen molar-refractivity contribution in [2.24, 2.45) is 12.5 Å². The summed E-state index contributed by atoms with van der Waals surface area (Å²) in [5.74, 6) is 0.404. The van der Waals surface area contributed by atoms with Crippen LogP contribution in [0.3, 0.4) is 0 Å². The van der Waals surface area contributed by atoms with Gasteiger partial charge in [0.1, 0.15) is 11.4 Å². The number of carbonyl (C=O) groups excluding carboxylic acids is 1. The highest BCUT2D eigenvalue weighted by atomic mass is 32.2. The Morgan fingerprint density at radius 1 is 1.16 bits per heavy atom. The molecule has 3 aromatic rings. The number of imidazole rings is 1. The van der Waals surface area contributed by atoms with Crippen molar-refractivity contribution in [3.63, 3.8) is 0 Å². The lowest BCUT2D eigenvalue weighted by molar-refractivity contribution is -0.141. The molecular weight excluding hydrogens is 443 g/mol. The summed E-state index contributed by atoms with van der Waals surface area (Å²) < 4.78 is 53.5. The number of nitrogens with zero attached hydrogens (tertiary/aromatic N) is 5. The highest BCUT2D eigenvalue weighted by Gasteiger charge is 2.33. The molecule has 0 bridgehead atoms. The first-order valence-electron chi connectivity index (χ1n) is 9.82. The summed E-state index contributed by atoms with van der Waals surface area (Å²) in [7, 11) is 1.78. The van der Waals surface area contributed by atoms with Gasteiger partial charge in [-0.15, -0.1) is 0 Å². The van der Waals surface area contributed by atoms with Gasteiger partial charge in [0.2, 0.25) is 5.91 Å². The van der Waals surface area contributed by atoms with Crippen LogP contribution in [0.15, 0.2) is 29.4 Å². The Labute approximate surface area is 186 Å². The monoisotopic (exact) mass is 467 g/mol. The molecule has 0 aliphatic rings. The van der Waals surface area contributed by atoms with Gasteiger partial charge in [0.05, 0.1) is 44.8 Å². The molecule has 0 aliphatic carbocycles. The smallest absolute Gasteiger partial charge is 0.325 e. The summed E-state index contributed by atoms with van der Waals surface area (Å²) in [6.45, 7) is 7.12. The van der Waals surface area contributed by atoms with Crippen LogP contribution in [-0.2, 0) is 28.8 Å². The van der Waals surface area contributed by atoms with Crippen molar-refractivity contribution in [3.05, 3.63) is 30.2 Å². The fourth-order valence-electron chi connectivity index (χ4n) is 3.19. The topological polar surface area (TPSA) is 81.0 Å². The number of aryl methyl sites for hydroxylation is 1. The molecule has 0 spiro atoms. The molecule has 0 saturated carbocycles. The van der Waals surface area contributed by atoms with E-state index < -0.39 is 28.1 Å². The molecule has 3 heterocycles. The van der Waals surface area contributed by atoms with Crippen LogP contribution in [-0.4, -0.2) is 42.4 Å². The molecule has 0 fully saturated rings. The van der Waals surface area contributed by atoms with Crippen LogP contribution < -0.4 is 4.90 Å². The Kier molecular flexibility index (Phi) is 6.16. The quantitative estimate of drug-likeness (QED) is 0.575. The van der Waals surface area contributed by atoms with Gasteiger partial charge < -0.3 is 9.47 Å². The van der Waals surface area contributed by atoms with Crippen LogP contribution in [0, 0.1) is 5.41 Å². The second kappa shape index (κ2) is 8.27. The Morgan fingerprint density at radius 3 is 2.38 bits per heavy atom. The molecule has 3 aromatic heterocycles. The number of hydrogen-bond donors (Lipinski definition) is 0. The zero-order valence-corrected chi connectivity index (χ0v) is 19.4. The number of alkyl halides is 3. The molecule has 11 heteroatoms. The van der Waals surface area contributed by atoms with Crippen LogP contribution in [0.5, 0.6) is 0 Å². The number of pyridine rings is 2. The van der Waals surface area contributed by atoms with Crippen LogP contribution in [0.2, 0.25) is 0 Å². The van der Waals surface area contributed by atoms with Crippen LogP contribution in [0.25, 0.3) is 22.6 Å². The summed E-state index contributed by atoms with van der Waals surface area (Å²) >= 11 is 0. The van der Waals surface area contributed by atoms with Crippen LogP contribution in [0.1, 0.15) is 33.4 Å². The van der Waals surface area contributed by atoms with Gasteiger partial charge in [-0.3, -0.25) is 9.00 Å². The van der Waals surface area contributed by atoms with Crippen molar-refractivity contribution < 1.29 is 22.2 Å². The molecule has 32 heavy (non-hydrogen) atoms. The first-order chi connectivity index (χ1) is 14.8. The number of halogens is 3. The summed E-state index contributed by atoms with van der Waals surface area (Å²) in [6.07, 6.45) is -2.02. The van der Waals surface area contributed by atoms with E-state index in [-0.39, 0.29) is 22.9 Å². The van der Waals surface area contributed by atoms with Crippen molar-refractivity contribution in [1.29, 1.82) is 0 Å². The fourth-order valence-corrected chi connectivity index (χ4v) is 4.11. The Bertz CT molecular complexity index is 1210. The molecule has 0 saturated heterocycles. The standard InChI is InChI=1S/C21H24F3N5O2S/c1-7-32(31)15-8-12(28(5)19(30)20(2,3)4)10-26-17(15)18-27-13-9-16(21(22,23)24)25-11-14(13)29(18)6/h8-11H,7H2,1-6H3. The number of rotatable bonds is 4. The molecule has 0 aliphatic heterocycles. The third-order valence-electron chi connectivity index (χ3n) is 4.95. The minimum absolute atomic E-state index is 0.101. The fraction of sp³-hybridized carbons (Fsp3) is 0.429. The third kappa shape index (κ3) is 4.38. The van der Waals surface area contributed by atoms with Crippen LogP contribution in [0.4, 0.5) is 18.9 Å². The summed E-state index contributed by atoms with van der Waals surface area (Å²) in [5.41, 5.74) is -0.449. The van der Waals surface area contributed by atoms with E-state index >= 15 is 0 Å². The normalized spacial score (nSPS) is 13.4. The average Bonchev–Trinajstić information content (AvgIpc) is 3.06. The second-order valence-electron chi connectivity index (χ2n) is 8.34. The van der Waals surface area contributed by atoms with Crippen molar-refractivity contribution >= 4 is 33.4 Å². The molecule has 1 unspecified atom stereocenters. The molecule has 0 aromatic carbocycles. The summed E-state index contributed by atoms with van der Waals surface area (Å²) in [4.78, 5) is 26.7. The van der Waals surface area contributed by atoms with Crippen molar-refractivity contribution in [1.82, 2.24) is 19.5 Å². The molecule has 7 nitrogen and oxygen atoms in total. The highest BCUT2D eigenvalue weighted by molar-refractivity contribution is 7.85. The minimum atomic E-state index is -4.59. The maximum atomic E-state index is 13.0. The lowest BCUT2D eigenvalue weighted by Gasteiger charge is -2.26. The van der Waals surface area contributed by atoms with E-state index in [9.17, 15) is 22.2 Å². The Hall–Kier alpha value is -2.82. The van der Waals surface area contributed by atoms with Crippen LogP contribution >= 0.6 is 0 Å². The zero-order valence-electron chi connectivity index (χ0n) is 18.6. The van der Waals surface area contributed by atoms with Gasteiger partial charge in [0, 0.05) is 25.3 Å². The van der Waals surface area contributed by atoms with E-state index in [1.54, 1.807) is 52.4 Å². The van der Waals surface area contributed by atoms with E-state index in [0.717, 1.165) is 12.3 Å². The van der Waals surface area contributed by atoms with Gasteiger partial charge >= 0.3 is 6.18 Å². The van der Waals surface area contributed by atoms with Gasteiger partial charge in [0.25, 0.3) is 0 Å². The van der Waals surface area contributed by atoms with E-state index in [2.05, 4.69) is 15.0 Å². The van der Waals surface area contributed by atoms with Crippen molar-refractivity contribution in [2.75, 3.05) is 17.7 Å². The molecular formula is C21H24F3N5O2S. The highest BCUT2D eigenvalue weighted by Crippen LogP contribution is 2.33. The van der Waals surface area contributed by atoms with E-state index in [4.69, 9.17) is 0 Å². The molecule has 172 valence electrons. The van der Waals surface area contributed by atoms with E-state index in [1.807, 2.05) is 0 Å². The van der Waals surface area contributed by atoms with Gasteiger partial charge in [-0.05, 0) is 12.1 Å². The maximum absolute atomic E-state index is 13.0. The number of hydrogen-bond acceptors (Lipinski definition) is 5. The van der Waals surface area contributed by atoms with Gasteiger partial charge in [-0.1, -0.05) is 27.7 Å². The molecule has 1 atom stereocenters. The van der Waals surface area contributed by atoms with Gasteiger partial charge in [-0.25, -0.2) is 15.0 Å². The lowest BCUT2D eigenvalue weighted by atomic mass is 9.95. The Balaban J connectivity index is 2.17. The third-order valence-corrected chi connectivity index (χ3v) is 6.27. The molecule has 0 N–H and O–H groups in total. The predicted octanol–water partition coefficient (Wildman–Crippen LogP) is 4.19.